The maximum Gasteiger partial charge on any atom is 0.0107 e. The van der Waals surface area contributed by atoms with Crippen molar-refractivity contribution in [3.8, 4) is 0 Å². The highest BCUT2D eigenvalue weighted by Gasteiger charge is 1.70. The van der Waals surface area contributed by atoms with Crippen LogP contribution in [0.2, 0.25) is 0 Å². The fourth-order valence-electron chi connectivity index (χ4n) is 0. The maximum absolute atomic E-state index is 10.3. The molecule has 0 amide bonds. The summed E-state index contributed by atoms with van der Waals surface area (Å²) in [5.74, 6) is 0. The minimum absolute atomic E-state index is 0.313. The second-order valence-corrected chi connectivity index (χ2v) is 19.3. The van der Waals surface area contributed by atoms with Gasteiger partial charge in [-0.05, 0) is 7.44 Å². The molecule has 0 spiro atoms. The van der Waals surface area contributed by atoms with Gasteiger partial charge in [-0.15, -0.1) is 0 Å². The van der Waals surface area contributed by atoms with Crippen LogP contribution in [-0.2, 0) is 0 Å². The summed E-state index contributed by atoms with van der Waals surface area (Å²) < 4.78 is 0. The Morgan fingerprint density at radius 1 is 1.67 bits per heavy atom. The summed E-state index contributed by atoms with van der Waals surface area (Å²) in [7, 11) is 2.02. The minimum Gasteiger partial charge on any atom is -0.879 e. The third kappa shape index (κ3) is 2.55. The van der Waals surface area contributed by atoms with Gasteiger partial charge in [0.05, 0.1) is 0 Å². The van der Waals surface area contributed by atoms with E-state index in [4.69, 9.17) is 0 Å². The highest BCUT2D eigenvalue weighted by molar-refractivity contribution is 7.30. The summed E-state index contributed by atoms with van der Waals surface area (Å²) >= 11 is 0. The lowest BCUT2D eigenvalue weighted by Gasteiger charge is -2.03. The van der Waals surface area contributed by atoms with Crippen LogP contribution in [0.5, 0.6) is 0 Å². The number of hydrogen-bond acceptors (Lipinski definition) is 1. The monoisotopic (exact) mass is 133 g/mol. The molecule has 0 saturated heterocycles. The third-order valence-corrected chi connectivity index (χ3v) is 6.34. The van der Waals surface area contributed by atoms with Crippen LogP contribution in [0, 0.1) is 0 Å². The van der Waals surface area contributed by atoms with Gasteiger partial charge in [0.2, 0.25) is 0 Å². The zero-order valence-corrected chi connectivity index (χ0v) is 9.41. The molecule has 36 valence electrons. The molecule has 0 rings (SSSR count). The predicted molar refractivity (Wildman–Crippen MR) is 36.3 cm³/mol. The average molecular weight is 133 g/mol. The van der Waals surface area contributed by atoms with Crippen LogP contribution in [-0.4, -0.2) is 32.3 Å². The first kappa shape index (κ1) is 6.32. The summed E-state index contributed by atoms with van der Waals surface area (Å²) in [6, 6.07) is 0. The first-order valence-electron chi connectivity index (χ1n) is 1.95. The van der Waals surface area contributed by atoms with Gasteiger partial charge in [-0.1, -0.05) is 6.92 Å². The van der Waals surface area contributed by atoms with Crippen LogP contribution in [0.25, 0.3) is 0 Å². The Bertz CT molecular complexity index is 58.9. The van der Waals surface area contributed by atoms with Gasteiger partial charge in [0.25, 0.3) is 0 Å². The standard InChI is InChI=1S/C2H10OSi3/c1-2(3)6(4)5/h3H,1,4-5H3/p-1. The molecule has 1 nitrogen and oxygen atoms in total. The van der Waals surface area contributed by atoms with Crippen molar-refractivity contribution < 1.29 is 5.11 Å². The fraction of sp³-hybridized carbons (Fsp3) is 0.500. The lowest BCUT2D eigenvalue weighted by Crippen LogP contribution is -2.25. The van der Waals surface area contributed by atoms with E-state index in [-0.39, 0.29) is 7.44 Å². The van der Waals surface area contributed by atoms with Crippen LogP contribution >= 0.6 is 0 Å². The molecular weight excluding hydrogens is 124 g/mol. The highest BCUT2D eigenvalue weighted by atomic mass is 29.5. The average Bonchev–Trinajstić information content (AvgIpc) is 1.36. The van der Waals surface area contributed by atoms with Crippen molar-refractivity contribution in [2.75, 3.05) is 0 Å². The van der Waals surface area contributed by atoms with Crippen molar-refractivity contribution >= 4 is 32.3 Å². The first-order chi connectivity index (χ1) is 2.64. The molecule has 0 heterocycles. The van der Waals surface area contributed by atoms with E-state index in [0.29, 0.717) is 5.35 Å². The molecule has 0 N–H and O–H groups in total. The van der Waals surface area contributed by atoms with Gasteiger partial charge in [0.15, 0.2) is 0 Å². The van der Waals surface area contributed by atoms with Crippen LogP contribution in [0.3, 0.4) is 0 Å². The lowest BCUT2D eigenvalue weighted by molar-refractivity contribution is -0.210. The van der Waals surface area contributed by atoms with E-state index in [1.54, 1.807) is 6.92 Å². The molecule has 0 aromatic rings. The molecule has 0 radical (unpaired) electrons. The van der Waals surface area contributed by atoms with E-state index >= 15 is 0 Å². The molecule has 6 heavy (non-hydrogen) atoms. The van der Waals surface area contributed by atoms with Crippen LogP contribution < -0.4 is 5.11 Å². The molecule has 0 saturated carbocycles. The molecule has 0 aromatic carbocycles. The highest BCUT2D eigenvalue weighted by Crippen LogP contribution is 1.48. The van der Waals surface area contributed by atoms with Crippen molar-refractivity contribution in [1.82, 2.24) is 0 Å². The topological polar surface area (TPSA) is 23.1 Å². The molecule has 0 aliphatic heterocycles. The second kappa shape index (κ2) is 2.49. The molecular formula is C2H9OSi3-. The van der Waals surface area contributed by atoms with Crippen LogP contribution in [0.1, 0.15) is 6.92 Å². The molecule has 0 aromatic heterocycles. The summed E-state index contributed by atoms with van der Waals surface area (Å²) in [6.45, 7) is 1.72. The molecule has 0 aliphatic carbocycles. The van der Waals surface area contributed by atoms with Gasteiger partial charge in [0.1, 0.15) is 0 Å². The van der Waals surface area contributed by atoms with Gasteiger partial charge < -0.3 is 5.11 Å². The van der Waals surface area contributed by atoms with Crippen molar-refractivity contribution in [2.24, 2.45) is 0 Å². The van der Waals surface area contributed by atoms with Crippen LogP contribution in [0.4, 0.5) is 0 Å². The maximum atomic E-state index is 10.3. The Balaban J connectivity index is 3.68. The van der Waals surface area contributed by atoms with Gasteiger partial charge >= 0.3 is 0 Å². The normalized spacial score (nSPS) is 8.83. The molecule has 0 bridgehead atoms. The smallest absolute Gasteiger partial charge is 0.0107 e. The second-order valence-electron chi connectivity index (χ2n) is 1.56. The Morgan fingerprint density at radius 3 is 1.83 bits per heavy atom. The Labute approximate surface area is 45.0 Å². The van der Waals surface area contributed by atoms with E-state index in [9.17, 15) is 5.11 Å². The van der Waals surface area contributed by atoms with Crippen molar-refractivity contribution in [2.45, 2.75) is 6.92 Å². The lowest BCUT2D eigenvalue weighted by atomic mass is 10.9. The first-order valence-corrected chi connectivity index (χ1v) is 10.5. The van der Waals surface area contributed by atoms with Crippen molar-refractivity contribution in [3.05, 3.63) is 0 Å². The van der Waals surface area contributed by atoms with Gasteiger partial charge in [-0.2, -0.15) is 5.35 Å². The molecule has 0 atom stereocenters. The summed E-state index contributed by atoms with van der Waals surface area (Å²) in [4.78, 5) is 0. The molecule has 4 heteroatoms. The summed E-state index contributed by atoms with van der Waals surface area (Å²) in [5.41, 5.74) is 0. The molecule has 0 aliphatic rings. The van der Waals surface area contributed by atoms with Gasteiger partial charge in [-0.25, -0.2) is 0 Å². The zero-order chi connectivity index (χ0) is 5.15. The van der Waals surface area contributed by atoms with E-state index < -0.39 is 0 Å². The van der Waals surface area contributed by atoms with Crippen molar-refractivity contribution in [1.29, 1.82) is 0 Å². The SMILES string of the molecule is CC([O-])=[Si]([SiH3])[SiH3]. The number of rotatable bonds is 0. The quantitative estimate of drug-likeness (QED) is 0.312. The largest absolute Gasteiger partial charge is 0.879 e. The van der Waals surface area contributed by atoms with E-state index in [2.05, 4.69) is 0 Å². The summed E-state index contributed by atoms with van der Waals surface area (Å²) in [6.07, 6.45) is 0. The van der Waals surface area contributed by atoms with E-state index in [1.807, 2.05) is 0 Å². The third-order valence-electron chi connectivity index (χ3n) is 0.704. The fourth-order valence-corrected chi connectivity index (χ4v) is 0. The van der Waals surface area contributed by atoms with E-state index in [1.165, 1.54) is 19.5 Å². The number of hydrogen-bond donors (Lipinski definition) is 0. The van der Waals surface area contributed by atoms with Gasteiger partial charge in [-0.3, -0.25) is 0 Å². The Kier molecular flexibility index (Phi) is 2.62. The minimum atomic E-state index is -0.313. The Hall–Kier alpha value is 0.321. The van der Waals surface area contributed by atoms with E-state index in [0.717, 1.165) is 0 Å². The van der Waals surface area contributed by atoms with Gasteiger partial charge in [0, 0.05) is 19.5 Å². The zero-order valence-electron chi connectivity index (χ0n) is 4.41. The molecule has 0 unspecified atom stereocenters. The predicted octanol–water partition coefficient (Wildman–Crippen LogP) is -3.70. The van der Waals surface area contributed by atoms with Crippen LogP contribution in [0.15, 0.2) is 0 Å². The van der Waals surface area contributed by atoms with Crippen molar-refractivity contribution in [3.63, 3.8) is 0 Å². The molecule has 0 fully saturated rings. The summed E-state index contributed by atoms with van der Waals surface area (Å²) in [5, 5.41) is 10.7. The Morgan fingerprint density at radius 2 is 1.83 bits per heavy atom.